The first-order valence-electron chi connectivity index (χ1n) is 6.76. The first-order chi connectivity index (χ1) is 9.94. The molecule has 1 atom stereocenters. The monoisotopic (exact) mass is 367 g/mol. The molecule has 1 saturated heterocycles. The maximum absolute atomic E-state index is 12.2. The molecule has 0 saturated carbocycles. The molecule has 1 unspecified atom stereocenters. The lowest BCUT2D eigenvalue weighted by atomic mass is 10.1. The number of hydrogen-bond donors (Lipinski definition) is 1. The van der Waals surface area contributed by atoms with Gasteiger partial charge in [-0.2, -0.15) is 0 Å². The van der Waals surface area contributed by atoms with Gasteiger partial charge in [0.1, 0.15) is 5.75 Å². The van der Waals surface area contributed by atoms with Crippen molar-refractivity contribution in [2.24, 2.45) is 5.92 Å². The minimum absolute atomic E-state index is 0.227. The molecular weight excluding hydrogens is 351 g/mol. The van der Waals surface area contributed by atoms with Gasteiger partial charge >= 0.3 is 6.36 Å². The van der Waals surface area contributed by atoms with Crippen molar-refractivity contribution in [2.75, 3.05) is 19.8 Å². The largest absolute Gasteiger partial charge is 0.573 e. The molecule has 0 spiro atoms. The molecule has 0 aliphatic carbocycles. The number of ether oxygens (including phenoxy) is 2. The predicted octanol–water partition coefficient (Wildman–Crippen LogP) is 3.86. The molecule has 0 bridgehead atoms. The van der Waals surface area contributed by atoms with Gasteiger partial charge in [-0.1, -0.05) is 6.07 Å². The second-order valence-corrected chi connectivity index (χ2v) is 5.86. The second-order valence-electron chi connectivity index (χ2n) is 5.01. The van der Waals surface area contributed by atoms with Crippen molar-refractivity contribution in [1.29, 1.82) is 0 Å². The van der Waals surface area contributed by atoms with Crippen LogP contribution in [-0.2, 0) is 11.3 Å². The fourth-order valence-electron chi connectivity index (χ4n) is 2.21. The van der Waals surface area contributed by atoms with Crippen LogP contribution in [0, 0.1) is 5.92 Å². The van der Waals surface area contributed by atoms with E-state index in [1.54, 1.807) is 12.1 Å². The molecule has 1 aliphatic heterocycles. The molecule has 1 fully saturated rings. The van der Waals surface area contributed by atoms with Crippen LogP contribution in [0.5, 0.6) is 5.75 Å². The lowest BCUT2D eigenvalue weighted by Crippen LogP contribution is -2.19. The zero-order valence-corrected chi connectivity index (χ0v) is 13.0. The first-order valence-corrected chi connectivity index (χ1v) is 7.56. The average Bonchev–Trinajstić information content (AvgIpc) is 2.89. The Kier molecular flexibility index (Phi) is 5.89. The third kappa shape index (κ3) is 5.84. The SMILES string of the molecule is FC(F)(F)Oc1ccc(CNCCC2CCOC2)cc1Br. The van der Waals surface area contributed by atoms with E-state index < -0.39 is 6.36 Å². The normalized spacial score (nSPS) is 19.0. The summed E-state index contributed by atoms with van der Waals surface area (Å²) in [6, 6.07) is 4.57. The van der Waals surface area contributed by atoms with E-state index in [1.165, 1.54) is 6.07 Å². The third-order valence-corrected chi connectivity index (χ3v) is 3.92. The first kappa shape index (κ1) is 16.6. The number of hydrogen-bond acceptors (Lipinski definition) is 3. The van der Waals surface area contributed by atoms with Gasteiger partial charge in [-0.15, -0.1) is 13.2 Å². The Morgan fingerprint density at radius 3 is 2.81 bits per heavy atom. The van der Waals surface area contributed by atoms with Crippen molar-refractivity contribution in [3.63, 3.8) is 0 Å². The molecule has 3 nitrogen and oxygen atoms in total. The Morgan fingerprint density at radius 1 is 1.38 bits per heavy atom. The minimum atomic E-state index is -4.67. The highest BCUT2D eigenvalue weighted by molar-refractivity contribution is 9.10. The molecule has 1 aromatic carbocycles. The molecule has 21 heavy (non-hydrogen) atoms. The van der Waals surface area contributed by atoms with Gasteiger partial charge < -0.3 is 14.8 Å². The number of rotatable bonds is 6. The van der Waals surface area contributed by atoms with Gasteiger partial charge in [0.25, 0.3) is 0 Å². The van der Waals surface area contributed by atoms with E-state index in [0.717, 1.165) is 38.2 Å². The Balaban J connectivity index is 1.77. The number of nitrogens with one attached hydrogen (secondary N) is 1. The van der Waals surface area contributed by atoms with Gasteiger partial charge in [-0.25, -0.2) is 0 Å². The Labute approximate surface area is 129 Å². The van der Waals surface area contributed by atoms with Crippen molar-refractivity contribution in [1.82, 2.24) is 5.32 Å². The van der Waals surface area contributed by atoms with Gasteiger partial charge in [0.15, 0.2) is 0 Å². The molecule has 0 amide bonds. The number of benzene rings is 1. The van der Waals surface area contributed by atoms with E-state index in [1.807, 2.05) is 0 Å². The zero-order chi connectivity index (χ0) is 15.3. The summed E-state index contributed by atoms with van der Waals surface area (Å²) in [5, 5.41) is 3.28. The average molecular weight is 368 g/mol. The summed E-state index contributed by atoms with van der Waals surface area (Å²) in [6.45, 7) is 3.15. The van der Waals surface area contributed by atoms with Crippen molar-refractivity contribution >= 4 is 15.9 Å². The standard InChI is InChI=1S/C14H17BrF3NO2/c15-12-7-11(1-2-13(12)21-14(16,17)18)8-19-5-3-10-4-6-20-9-10/h1-2,7,10,19H,3-6,8-9H2. The van der Waals surface area contributed by atoms with Crippen LogP contribution in [0.3, 0.4) is 0 Å². The smallest absolute Gasteiger partial charge is 0.405 e. The van der Waals surface area contributed by atoms with Gasteiger partial charge in [0, 0.05) is 19.8 Å². The Bertz CT molecular complexity index is 462. The van der Waals surface area contributed by atoms with Gasteiger partial charge in [0.05, 0.1) is 4.47 Å². The molecule has 0 aromatic heterocycles. The van der Waals surface area contributed by atoms with E-state index in [4.69, 9.17) is 4.74 Å². The topological polar surface area (TPSA) is 30.5 Å². The van der Waals surface area contributed by atoms with E-state index in [-0.39, 0.29) is 5.75 Å². The summed E-state index contributed by atoms with van der Waals surface area (Å²) >= 11 is 3.09. The molecule has 1 aromatic rings. The van der Waals surface area contributed by atoms with E-state index in [2.05, 4.69) is 26.0 Å². The highest BCUT2D eigenvalue weighted by Gasteiger charge is 2.31. The quantitative estimate of drug-likeness (QED) is 0.774. The summed E-state index contributed by atoms with van der Waals surface area (Å²) in [5.74, 6) is 0.390. The Hall–Kier alpha value is -0.790. The summed E-state index contributed by atoms with van der Waals surface area (Å²) in [6.07, 6.45) is -2.52. The summed E-state index contributed by atoms with van der Waals surface area (Å²) < 4.78 is 46.0. The van der Waals surface area contributed by atoms with Crippen LogP contribution in [0.1, 0.15) is 18.4 Å². The van der Waals surface area contributed by atoms with Crippen LogP contribution in [0.4, 0.5) is 13.2 Å². The van der Waals surface area contributed by atoms with Crippen molar-refractivity contribution in [3.05, 3.63) is 28.2 Å². The lowest BCUT2D eigenvalue weighted by molar-refractivity contribution is -0.274. The van der Waals surface area contributed by atoms with Gasteiger partial charge in [0.2, 0.25) is 0 Å². The zero-order valence-electron chi connectivity index (χ0n) is 11.4. The minimum Gasteiger partial charge on any atom is -0.405 e. The Morgan fingerprint density at radius 2 is 2.19 bits per heavy atom. The maximum Gasteiger partial charge on any atom is 0.573 e. The van der Waals surface area contributed by atoms with E-state index in [0.29, 0.717) is 16.9 Å². The van der Waals surface area contributed by atoms with Crippen LogP contribution >= 0.6 is 15.9 Å². The van der Waals surface area contributed by atoms with Crippen molar-refractivity contribution in [3.8, 4) is 5.75 Å². The molecule has 7 heteroatoms. The van der Waals surface area contributed by atoms with Crippen LogP contribution in [0.2, 0.25) is 0 Å². The highest BCUT2D eigenvalue weighted by Crippen LogP contribution is 2.31. The van der Waals surface area contributed by atoms with E-state index >= 15 is 0 Å². The summed E-state index contributed by atoms with van der Waals surface area (Å²) in [7, 11) is 0. The molecule has 1 heterocycles. The summed E-state index contributed by atoms with van der Waals surface area (Å²) in [4.78, 5) is 0. The fourth-order valence-corrected chi connectivity index (χ4v) is 2.72. The maximum atomic E-state index is 12.2. The van der Waals surface area contributed by atoms with Crippen LogP contribution in [0.15, 0.2) is 22.7 Å². The number of alkyl halides is 3. The molecule has 1 N–H and O–H groups in total. The van der Waals surface area contributed by atoms with Crippen molar-refractivity contribution in [2.45, 2.75) is 25.7 Å². The van der Waals surface area contributed by atoms with Crippen LogP contribution in [0.25, 0.3) is 0 Å². The van der Waals surface area contributed by atoms with Crippen LogP contribution in [-0.4, -0.2) is 26.1 Å². The van der Waals surface area contributed by atoms with Crippen LogP contribution < -0.4 is 10.1 Å². The molecule has 118 valence electrons. The second kappa shape index (κ2) is 7.47. The number of halogens is 4. The molecule has 1 aliphatic rings. The van der Waals surface area contributed by atoms with Crippen molar-refractivity contribution < 1.29 is 22.6 Å². The van der Waals surface area contributed by atoms with E-state index in [9.17, 15) is 13.2 Å². The highest BCUT2D eigenvalue weighted by atomic mass is 79.9. The predicted molar refractivity (Wildman–Crippen MR) is 76.1 cm³/mol. The molecule has 2 rings (SSSR count). The fraction of sp³-hybridized carbons (Fsp3) is 0.571. The van der Waals surface area contributed by atoms with Gasteiger partial charge in [-0.05, 0) is 58.9 Å². The lowest BCUT2D eigenvalue weighted by Gasteiger charge is -2.12. The molecule has 0 radical (unpaired) electrons. The third-order valence-electron chi connectivity index (χ3n) is 3.30. The van der Waals surface area contributed by atoms with Gasteiger partial charge in [-0.3, -0.25) is 0 Å². The summed E-state index contributed by atoms with van der Waals surface area (Å²) in [5.41, 5.74) is 0.902. The molecular formula is C14H17BrF3NO2.